The van der Waals surface area contributed by atoms with Crippen LogP contribution in [0.1, 0.15) is 51.5 Å². The molecule has 1 nitrogen and oxygen atoms in total. The quantitative estimate of drug-likeness (QED) is 0.766. The Balaban J connectivity index is 1.82. The second-order valence-corrected chi connectivity index (χ2v) is 7.14. The molecule has 1 saturated carbocycles. The van der Waals surface area contributed by atoms with Gasteiger partial charge < -0.3 is 5.32 Å². The molecule has 0 aromatic carbocycles. The molecule has 18 heavy (non-hydrogen) atoms. The molecule has 1 heterocycles. The van der Waals surface area contributed by atoms with Gasteiger partial charge in [-0.25, -0.2) is 0 Å². The average molecular weight is 265 g/mol. The first kappa shape index (κ1) is 14.1. The minimum Gasteiger partial charge on any atom is -0.316 e. The van der Waals surface area contributed by atoms with Crippen molar-refractivity contribution in [3.63, 3.8) is 0 Å². The highest BCUT2D eigenvalue weighted by Crippen LogP contribution is 2.41. The fraction of sp³-hybridized carbons (Fsp3) is 0.750. The molecule has 0 radical (unpaired) electrons. The molecule has 0 atom stereocenters. The van der Waals surface area contributed by atoms with Crippen molar-refractivity contribution in [3.8, 4) is 0 Å². The molecular formula is C16H27NS. The molecular weight excluding hydrogens is 238 g/mol. The number of aryl methyl sites for hydroxylation is 1. The van der Waals surface area contributed by atoms with Crippen LogP contribution in [0.5, 0.6) is 0 Å². The summed E-state index contributed by atoms with van der Waals surface area (Å²) in [4.78, 5) is 0. The van der Waals surface area contributed by atoms with Gasteiger partial charge in [0.25, 0.3) is 0 Å². The van der Waals surface area contributed by atoms with Gasteiger partial charge in [-0.15, -0.1) is 0 Å². The molecule has 0 bridgehead atoms. The largest absolute Gasteiger partial charge is 0.316 e. The number of rotatable bonds is 7. The third-order valence-corrected chi connectivity index (χ3v) is 4.97. The summed E-state index contributed by atoms with van der Waals surface area (Å²) in [7, 11) is 0. The molecule has 1 aliphatic rings. The molecule has 1 aromatic rings. The SMILES string of the molecule is CC(C)CNCC1(CCc2ccsc2)CCCC1. The first-order chi connectivity index (χ1) is 8.70. The zero-order valence-corrected chi connectivity index (χ0v) is 12.7. The predicted octanol–water partition coefficient (Wildman–Crippen LogP) is 4.49. The van der Waals surface area contributed by atoms with E-state index in [-0.39, 0.29) is 0 Å². The van der Waals surface area contributed by atoms with E-state index in [1.54, 1.807) is 0 Å². The second-order valence-electron chi connectivity index (χ2n) is 6.36. The van der Waals surface area contributed by atoms with E-state index in [9.17, 15) is 0 Å². The summed E-state index contributed by atoms with van der Waals surface area (Å²) in [6.45, 7) is 6.98. The predicted molar refractivity (Wildman–Crippen MR) is 81.2 cm³/mol. The Labute approximate surface area is 116 Å². The van der Waals surface area contributed by atoms with Crippen LogP contribution in [0.15, 0.2) is 16.8 Å². The monoisotopic (exact) mass is 265 g/mol. The molecule has 102 valence electrons. The van der Waals surface area contributed by atoms with E-state index in [2.05, 4.69) is 36.0 Å². The molecule has 2 rings (SSSR count). The van der Waals surface area contributed by atoms with Crippen LogP contribution >= 0.6 is 11.3 Å². The van der Waals surface area contributed by atoms with Crippen molar-refractivity contribution < 1.29 is 0 Å². The maximum Gasteiger partial charge on any atom is 0.000803 e. The minimum atomic E-state index is 0.594. The van der Waals surface area contributed by atoms with Crippen molar-refractivity contribution in [2.24, 2.45) is 11.3 Å². The van der Waals surface area contributed by atoms with Crippen LogP contribution in [-0.2, 0) is 6.42 Å². The van der Waals surface area contributed by atoms with Gasteiger partial charge in [0.15, 0.2) is 0 Å². The van der Waals surface area contributed by atoms with Gasteiger partial charge in [0.2, 0.25) is 0 Å². The lowest BCUT2D eigenvalue weighted by molar-refractivity contribution is 0.254. The zero-order chi connectivity index (χ0) is 12.8. The van der Waals surface area contributed by atoms with Crippen LogP contribution < -0.4 is 5.32 Å². The molecule has 0 amide bonds. The highest BCUT2D eigenvalue weighted by atomic mass is 32.1. The summed E-state index contributed by atoms with van der Waals surface area (Å²) < 4.78 is 0. The van der Waals surface area contributed by atoms with E-state index < -0.39 is 0 Å². The van der Waals surface area contributed by atoms with Gasteiger partial charge in [-0.1, -0.05) is 26.7 Å². The van der Waals surface area contributed by atoms with Gasteiger partial charge in [-0.3, -0.25) is 0 Å². The normalized spacial score (nSPS) is 18.6. The van der Waals surface area contributed by atoms with Crippen LogP contribution in [0.4, 0.5) is 0 Å². The average Bonchev–Trinajstić information content (AvgIpc) is 2.97. The third kappa shape index (κ3) is 4.10. The molecule has 1 N–H and O–H groups in total. The summed E-state index contributed by atoms with van der Waals surface area (Å²) in [5.41, 5.74) is 2.13. The van der Waals surface area contributed by atoms with Crippen molar-refractivity contribution in [2.45, 2.75) is 52.4 Å². The van der Waals surface area contributed by atoms with Crippen LogP contribution in [0.2, 0.25) is 0 Å². The lowest BCUT2D eigenvalue weighted by Crippen LogP contribution is -2.34. The van der Waals surface area contributed by atoms with Gasteiger partial charge in [-0.2, -0.15) is 11.3 Å². The van der Waals surface area contributed by atoms with E-state index >= 15 is 0 Å². The lowest BCUT2D eigenvalue weighted by Gasteiger charge is -2.30. The summed E-state index contributed by atoms with van der Waals surface area (Å²) in [5, 5.41) is 8.21. The molecule has 1 aromatic heterocycles. The lowest BCUT2D eigenvalue weighted by atomic mass is 9.80. The van der Waals surface area contributed by atoms with Crippen molar-refractivity contribution in [3.05, 3.63) is 22.4 Å². The van der Waals surface area contributed by atoms with Gasteiger partial charge in [-0.05, 0) is 66.0 Å². The summed E-state index contributed by atoms with van der Waals surface area (Å²) >= 11 is 1.83. The van der Waals surface area contributed by atoms with Gasteiger partial charge in [0.1, 0.15) is 0 Å². The summed E-state index contributed by atoms with van der Waals surface area (Å²) in [6.07, 6.45) is 8.38. The molecule has 1 aliphatic carbocycles. The van der Waals surface area contributed by atoms with Crippen molar-refractivity contribution >= 4 is 11.3 Å². The number of thiophene rings is 1. The van der Waals surface area contributed by atoms with E-state index in [0.717, 1.165) is 5.92 Å². The molecule has 0 saturated heterocycles. The first-order valence-corrected chi connectivity index (χ1v) is 8.36. The number of nitrogens with one attached hydrogen (secondary N) is 1. The molecule has 1 fully saturated rings. The van der Waals surface area contributed by atoms with E-state index in [1.807, 2.05) is 11.3 Å². The van der Waals surface area contributed by atoms with E-state index in [1.165, 1.54) is 57.2 Å². The van der Waals surface area contributed by atoms with Crippen molar-refractivity contribution in [1.82, 2.24) is 5.32 Å². The molecule has 0 spiro atoms. The maximum atomic E-state index is 3.70. The second kappa shape index (κ2) is 6.72. The van der Waals surface area contributed by atoms with E-state index in [0.29, 0.717) is 5.41 Å². The Morgan fingerprint density at radius 3 is 2.72 bits per heavy atom. The standard InChI is InChI=1S/C16H27NS/c1-14(2)11-17-13-16(7-3-4-8-16)9-5-15-6-10-18-12-15/h6,10,12,14,17H,3-5,7-9,11,13H2,1-2H3. The molecule has 0 aliphatic heterocycles. The van der Waals surface area contributed by atoms with Crippen LogP contribution in [0.3, 0.4) is 0 Å². The Hall–Kier alpha value is -0.340. The summed E-state index contributed by atoms with van der Waals surface area (Å²) in [5.74, 6) is 0.764. The summed E-state index contributed by atoms with van der Waals surface area (Å²) in [6, 6.07) is 2.29. The highest BCUT2D eigenvalue weighted by Gasteiger charge is 2.32. The Kier molecular flexibility index (Phi) is 5.25. The number of hydrogen-bond acceptors (Lipinski definition) is 2. The Morgan fingerprint density at radius 1 is 1.33 bits per heavy atom. The van der Waals surface area contributed by atoms with Gasteiger partial charge in [0.05, 0.1) is 0 Å². The van der Waals surface area contributed by atoms with Gasteiger partial charge in [0, 0.05) is 6.54 Å². The van der Waals surface area contributed by atoms with E-state index in [4.69, 9.17) is 0 Å². The minimum absolute atomic E-state index is 0.594. The third-order valence-electron chi connectivity index (χ3n) is 4.24. The molecule has 0 unspecified atom stereocenters. The fourth-order valence-corrected chi connectivity index (χ4v) is 3.81. The van der Waals surface area contributed by atoms with Crippen LogP contribution in [0, 0.1) is 11.3 Å². The fourth-order valence-electron chi connectivity index (χ4n) is 3.11. The number of hydrogen-bond donors (Lipinski definition) is 1. The van der Waals surface area contributed by atoms with Crippen LogP contribution in [-0.4, -0.2) is 13.1 Å². The zero-order valence-electron chi connectivity index (χ0n) is 11.9. The smallest absolute Gasteiger partial charge is 0.000803 e. The first-order valence-electron chi connectivity index (χ1n) is 7.42. The van der Waals surface area contributed by atoms with Crippen LogP contribution in [0.25, 0.3) is 0 Å². The Bertz CT molecular complexity index is 323. The maximum absolute atomic E-state index is 3.70. The molecule has 2 heteroatoms. The van der Waals surface area contributed by atoms with Crippen molar-refractivity contribution in [2.75, 3.05) is 13.1 Å². The van der Waals surface area contributed by atoms with Gasteiger partial charge >= 0.3 is 0 Å². The Morgan fingerprint density at radius 2 is 2.11 bits per heavy atom. The van der Waals surface area contributed by atoms with Crippen molar-refractivity contribution in [1.29, 1.82) is 0 Å². The highest BCUT2D eigenvalue weighted by molar-refractivity contribution is 7.07. The topological polar surface area (TPSA) is 12.0 Å².